The molecule has 0 spiro atoms. The average Bonchev–Trinajstić information content (AvgIpc) is 2.65. The van der Waals surface area contributed by atoms with Crippen LogP contribution in [0.1, 0.15) is 20.7 Å². The van der Waals surface area contributed by atoms with E-state index in [4.69, 9.17) is 9.15 Å². The second-order valence-electron chi connectivity index (χ2n) is 4.81. The van der Waals surface area contributed by atoms with Crippen molar-refractivity contribution in [1.29, 1.82) is 0 Å². The van der Waals surface area contributed by atoms with Crippen LogP contribution in [0.4, 0.5) is 0 Å². The lowest BCUT2D eigenvalue weighted by Gasteiger charge is -2.04. The zero-order chi connectivity index (χ0) is 16.9. The van der Waals surface area contributed by atoms with Crippen molar-refractivity contribution in [2.75, 3.05) is 7.11 Å². The van der Waals surface area contributed by atoms with E-state index in [1.54, 1.807) is 37.4 Å². The summed E-state index contributed by atoms with van der Waals surface area (Å²) < 4.78 is 10.6. The minimum atomic E-state index is -0.406. The van der Waals surface area contributed by atoms with Crippen molar-refractivity contribution in [3.05, 3.63) is 65.5 Å². The van der Waals surface area contributed by atoms with Crippen molar-refractivity contribution in [3.8, 4) is 5.75 Å². The number of fused-ring (bicyclic) bond motifs is 1. The molecule has 3 rings (SSSR count). The molecule has 24 heavy (non-hydrogen) atoms. The zero-order valence-electron chi connectivity index (χ0n) is 12.7. The lowest BCUT2D eigenvalue weighted by atomic mass is 10.1. The number of carbonyl (C=O) groups excluding carboxylic acids is 2. The predicted octanol–water partition coefficient (Wildman–Crippen LogP) is 1.89. The van der Waals surface area contributed by atoms with Gasteiger partial charge in [0.05, 0.1) is 12.7 Å². The fourth-order valence-electron chi connectivity index (χ4n) is 2.14. The van der Waals surface area contributed by atoms with Crippen LogP contribution in [0.25, 0.3) is 11.0 Å². The maximum Gasteiger partial charge on any atom is 0.271 e. The quantitative estimate of drug-likeness (QED) is 0.584. The van der Waals surface area contributed by atoms with Crippen LogP contribution in [0.5, 0.6) is 5.75 Å². The number of nitrogens with one attached hydrogen (secondary N) is 1. The van der Waals surface area contributed by atoms with Gasteiger partial charge in [0.15, 0.2) is 6.29 Å². The summed E-state index contributed by atoms with van der Waals surface area (Å²) in [6, 6.07) is 8.23. The van der Waals surface area contributed by atoms with Crippen LogP contribution < -0.4 is 15.5 Å². The van der Waals surface area contributed by atoms with Gasteiger partial charge >= 0.3 is 0 Å². The summed E-state index contributed by atoms with van der Waals surface area (Å²) in [4.78, 5) is 27.2. The second kappa shape index (κ2) is 6.74. The highest BCUT2D eigenvalue weighted by molar-refractivity contribution is 5.93. The van der Waals surface area contributed by atoms with Gasteiger partial charge in [-0.1, -0.05) is 0 Å². The number of benzene rings is 1. The van der Waals surface area contributed by atoms with Gasteiger partial charge in [-0.05, 0) is 24.3 Å². The predicted molar refractivity (Wildman–Crippen MR) is 85.4 cm³/mol. The van der Waals surface area contributed by atoms with Crippen molar-refractivity contribution >= 4 is 23.2 Å². The molecule has 7 heteroatoms. The smallest absolute Gasteiger partial charge is 0.271 e. The molecule has 0 saturated heterocycles. The van der Waals surface area contributed by atoms with E-state index in [0.717, 1.165) is 0 Å². The van der Waals surface area contributed by atoms with E-state index in [-0.39, 0.29) is 5.56 Å². The Bertz CT molecular complexity index is 964. The van der Waals surface area contributed by atoms with E-state index in [2.05, 4.69) is 15.5 Å². The van der Waals surface area contributed by atoms with Crippen molar-refractivity contribution in [2.45, 2.75) is 0 Å². The Morgan fingerprint density at radius 1 is 1.29 bits per heavy atom. The molecule has 0 atom stereocenters. The number of carbonyl (C=O) groups is 2. The number of hydrogen-bond acceptors (Lipinski definition) is 6. The van der Waals surface area contributed by atoms with Crippen LogP contribution in [-0.2, 0) is 0 Å². The number of aldehydes is 1. The largest absolute Gasteiger partial charge is 0.497 e. The molecule has 7 nitrogen and oxygen atoms in total. The fourth-order valence-corrected chi connectivity index (χ4v) is 2.14. The van der Waals surface area contributed by atoms with Crippen molar-refractivity contribution < 1.29 is 18.7 Å². The van der Waals surface area contributed by atoms with Crippen molar-refractivity contribution in [1.82, 2.24) is 10.4 Å². The van der Waals surface area contributed by atoms with Crippen LogP contribution >= 0.6 is 0 Å². The molecule has 0 saturated carbocycles. The van der Waals surface area contributed by atoms with Gasteiger partial charge in [0, 0.05) is 29.4 Å². The van der Waals surface area contributed by atoms with Crippen molar-refractivity contribution in [3.63, 3.8) is 0 Å². The van der Waals surface area contributed by atoms with Gasteiger partial charge in [-0.15, -0.1) is 0 Å². The van der Waals surface area contributed by atoms with E-state index in [9.17, 15) is 9.59 Å². The van der Waals surface area contributed by atoms with E-state index >= 15 is 0 Å². The van der Waals surface area contributed by atoms with Crippen LogP contribution in [0, 0.1) is 0 Å². The summed E-state index contributed by atoms with van der Waals surface area (Å²) >= 11 is 0. The molecule has 3 aromatic rings. The summed E-state index contributed by atoms with van der Waals surface area (Å²) in [6.45, 7) is 0. The van der Waals surface area contributed by atoms with Gasteiger partial charge < -0.3 is 9.15 Å². The first-order valence-corrected chi connectivity index (χ1v) is 7.02. The molecule has 0 bridgehead atoms. The number of methoxy groups -OCH3 is 1. The number of ether oxygens (including phenoxy) is 1. The van der Waals surface area contributed by atoms with Crippen LogP contribution in [0.3, 0.4) is 0 Å². The number of nitrogens with zero attached hydrogens (tertiary/aromatic N) is 2. The van der Waals surface area contributed by atoms with E-state index < -0.39 is 5.91 Å². The molecule has 1 aromatic carbocycles. The maximum absolute atomic E-state index is 12.1. The van der Waals surface area contributed by atoms with Gasteiger partial charge in [0.25, 0.3) is 5.91 Å². The number of aromatic nitrogens is 1. The third kappa shape index (κ3) is 3.00. The molecular weight excluding hydrogens is 310 g/mol. The number of rotatable bonds is 4. The molecule has 0 aliphatic heterocycles. The highest BCUT2D eigenvalue weighted by Crippen LogP contribution is 2.18. The molecule has 0 fully saturated rings. The summed E-state index contributed by atoms with van der Waals surface area (Å²) in [5.74, 6) is 0.202. The second-order valence-corrected chi connectivity index (χ2v) is 4.81. The Morgan fingerprint density at radius 3 is 2.79 bits per heavy atom. The van der Waals surface area contributed by atoms with Gasteiger partial charge in [-0.3, -0.25) is 14.6 Å². The van der Waals surface area contributed by atoms with Gasteiger partial charge in [-0.2, -0.15) is 5.10 Å². The third-order valence-electron chi connectivity index (χ3n) is 3.37. The Morgan fingerprint density at radius 2 is 2.08 bits per heavy atom. The van der Waals surface area contributed by atoms with E-state index in [1.165, 1.54) is 18.7 Å². The molecule has 1 amide bonds. The first kappa shape index (κ1) is 15.4. The third-order valence-corrected chi connectivity index (χ3v) is 3.37. The van der Waals surface area contributed by atoms with E-state index in [1.807, 2.05) is 0 Å². The summed E-state index contributed by atoms with van der Waals surface area (Å²) in [5.41, 5.74) is 3.56. The monoisotopic (exact) mass is 323 g/mol. The number of pyridine rings is 1. The average molecular weight is 323 g/mol. The Hall–Kier alpha value is -3.48. The van der Waals surface area contributed by atoms with Gasteiger partial charge in [-0.25, -0.2) is 5.43 Å². The summed E-state index contributed by atoms with van der Waals surface area (Å²) in [5, 5.41) is 4.98. The van der Waals surface area contributed by atoms with Crippen LogP contribution in [0.15, 0.2) is 58.5 Å². The number of amides is 1. The Balaban J connectivity index is 2.06. The standard InChI is InChI=1S/C17H13N3O4/c1-23-13-2-3-14-15(8-13)24-10-12(9-21)16(14)19-20-17(22)11-4-6-18-7-5-11/h2-10H,1H3,(H,20,22). The van der Waals surface area contributed by atoms with Crippen LogP contribution in [0.2, 0.25) is 0 Å². The SMILES string of the molecule is COc1ccc2c(=NNC(=O)c3ccncc3)c(C=O)coc2c1. The van der Waals surface area contributed by atoms with Crippen LogP contribution in [-0.4, -0.2) is 24.3 Å². The minimum absolute atomic E-state index is 0.225. The molecule has 0 aliphatic carbocycles. The van der Waals surface area contributed by atoms with Gasteiger partial charge in [0.2, 0.25) is 0 Å². The summed E-state index contributed by atoms with van der Waals surface area (Å²) in [6.07, 6.45) is 4.92. The molecule has 0 radical (unpaired) electrons. The molecule has 2 aromatic heterocycles. The Labute approximate surface area is 136 Å². The fraction of sp³-hybridized carbons (Fsp3) is 0.0588. The lowest BCUT2D eigenvalue weighted by Crippen LogP contribution is -2.23. The minimum Gasteiger partial charge on any atom is -0.497 e. The highest BCUT2D eigenvalue weighted by atomic mass is 16.5. The molecule has 120 valence electrons. The first-order valence-electron chi connectivity index (χ1n) is 7.02. The molecular formula is C17H13N3O4. The maximum atomic E-state index is 12.1. The molecule has 0 unspecified atom stereocenters. The van der Waals surface area contributed by atoms with E-state index in [0.29, 0.717) is 33.9 Å². The van der Waals surface area contributed by atoms with Gasteiger partial charge in [0.1, 0.15) is 23.0 Å². The summed E-state index contributed by atoms with van der Waals surface area (Å²) in [7, 11) is 1.54. The lowest BCUT2D eigenvalue weighted by molar-refractivity contribution is 0.0952. The Kier molecular flexibility index (Phi) is 4.33. The molecule has 2 heterocycles. The molecule has 1 N–H and O–H groups in total. The first-order chi connectivity index (χ1) is 11.7. The zero-order valence-corrected chi connectivity index (χ0v) is 12.7. The van der Waals surface area contributed by atoms with Crippen molar-refractivity contribution in [2.24, 2.45) is 5.10 Å². The molecule has 0 aliphatic rings. The highest BCUT2D eigenvalue weighted by Gasteiger charge is 2.08. The number of hydrogen-bond donors (Lipinski definition) is 1. The topological polar surface area (TPSA) is 93.8 Å². The normalized spacial score (nSPS) is 11.3.